The fraction of sp³-hybridized carbons (Fsp3) is 0.316. The number of hydrogen-bond acceptors (Lipinski definition) is 4. The number of esters is 1. The first-order valence-corrected chi connectivity index (χ1v) is 8.47. The van der Waals surface area contributed by atoms with Crippen LogP contribution in [-0.2, 0) is 9.53 Å². The largest absolute Gasteiger partial charge is 0.448 e. The number of Topliss-reactive ketones (excluding diaryl/α,β-unsaturated/α-hetero) is 1. The van der Waals surface area contributed by atoms with Crippen molar-refractivity contribution in [1.82, 2.24) is 4.98 Å². The Bertz CT molecular complexity index is 886. The van der Waals surface area contributed by atoms with E-state index in [2.05, 4.69) is 10.3 Å². The second kappa shape index (κ2) is 7.74. The number of aromatic amines is 1. The number of rotatable bonds is 5. The standard InChI is InChI=1S/C19H21ClN2O4/c1-9-6-7-14(20)8-15(9)22-18(24)13(5)26-19(25)17-10(2)16(12(4)23)11(3)21-17/h6-8,13,21H,1-5H3,(H,22,24)/t13-/m1/s1. The van der Waals surface area contributed by atoms with Crippen molar-refractivity contribution < 1.29 is 19.1 Å². The molecule has 0 radical (unpaired) electrons. The molecule has 7 heteroatoms. The number of amides is 1. The molecule has 1 heterocycles. The summed E-state index contributed by atoms with van der Waals surface area (Å²) in [6.07, 6.45) is -1.02. The first-order valence-electron chi connectivity index (χ1n) is 8.10. The van der Waals surface area contributed by atoms with Gasteiger partial charge in [-0.2, -0.15) is 0 Å². The molecule has 0 fully saturated rings. The first-order chi connectivity index (χ1) is 12.1. The lowest BCUT2D eigenvalue weighted by Gasteiger charge is -2.15. The minimum atomic E-state index is -1.02. The Kier molecular flexibility index (Phi) is 5.87. The molecule has 0 unspecified atom stereocenters. The molecule has 0 spiro atoms. The summed E-state index contributed by atoms with van der Waals surface area (Å²) in [5, 5.41) is 3.18. The summed E-state index contributed by atoms with van der Waals surface area (Å²) in [5.74, 6) is -1.31. The maximum atomic E-state index is 12.4. The van der Waals surface area contributed by atoms with Gasteiger partial charge in [-0.25, -0.2) is 4.79 Å². The molecule has 0 aliphatic heterocycles. The second-order valence-electron chi connectivity index (χ2n) is 6.18. The molecule has 0 aliphatic rings. The van der Waals surface area contributed by atoms with Gasteiger partial charge in [0.25, 0.3) is 5.91 Å². The molecule has 138 valence electrons. The number of carbonyl (C=O) groups excluding carboxylic acids is 3. The Morgan fingerprint density at radius 3 is 2.42 bits per heavy atom. The fourth-order valence-corrected chi connectivity index (χ4v) is 2.89. The van der Waals surface area contributed by atoms with Crippen molar-refractivity contribution in [2.75, 3.05) is 5.32 Å². The summed E-state index contributed by atoms with van der Waals surface area (Å²) in [6.45, 7) is 8.11. The molecular weight excluding hydrogens is 356 g/mol. The number of nitrogens with one attached hydrogen (secondary N) is 2. The van der Waals surface area contributed by atoms with Gasteiger partial charge in [0.1, 0.15) is 5.69 Å². The minimum absolute atomic E-state index is 0.141. The molecule has 1 aromatic heterocycles. The van der Waals surface area contributed by atoms with Gasteiger partial charge in [-0.3, -0.25) is 9.59 Å². The molecule has 0 saturated heterocycles. The quantitative estimate of drug-likeness (QED) is 0.610. The van der Waals surface area contributed by atoms with Crippen molar-refractivity contribution in [3.8, 4) is 0 Å². The molecule has 1 atom stereocenters. The zero-order chi connectivity index (χ0) is 19.6. The summed E-state index contributed by atoms with van der Waals surface area (Å²) < 4.78 is 5.24. The zero-order valence-corrected chi connectivity index (χ0v) is 16.1. The Labute approximate surface area is 156 Å². The van der Waals surface area contributed by atoms with E-state index in [0.717, 1.165) is 5.56 Å². The maximum absolute atomic E-state index is 12.4. The molecule has 26 heavy (non-hydrogen) atoms. The van der Waals surface area contributed by atoms with Crippen LogP contribution in [0.3, 0.4) is 0 Å². The van der Waals surface area contributed by atoms with Crippen molar-refractivity contribution in [2.24, 2.45) is 0 Å². The van der Waals surface area contributed by atoms with E-state index in [1.165, 1.54) is 13.8 Å². The molecule has 0 saturated carbocycles. The third kappa shape index (κ3) is 4.14. The van der Waals surface area contributed by atoms with Crippen molar-refractivity contribution in [2.45, 2.75) is 40.7 Å². The molecular formula is C19H21ClN2O4. The molecule has 1 amide bonds. The highest BCUT2D eigenvalue weighted by atomic mass is 35.5. The number of hydrogen-bond donors (Lipinski definition) is 2. The van der Waals surface area contributed by atoms with Crippen LogP contribution in [0.5, 0.6) is 0 Å². The molecule has 2 aromatic rings. The number of aryl methyl sites for hydroxylation is 2. The molecule has 0 aliphatic carbocycles. The summed E-state index contributed by atoms with van der Waals surface area (Å²) in [4.78, 5) is 39.2. The van der Waals surface area contributed by atoms with Crippen LogP contribution in [-0.4, -0.2) is 28.7 Å². The van der Waals surface area contributed by atoms with Crippen LogP contribution in [0.4, 0.5) is 5.69 Å². The Balaban J connectivity index is 2.12. The van der Waals surface area contributed by atoms with Gasteiger partial charge in [0, 0.05) is 22.0 Å². The van der Waals surface area contributed by atoms with Crippen LogP contribution in [0.25, 0.3) is 0 Å². The summed E-state index contributed by atoms with van der Waals surface area (Å²) >= 11 is 5.94. The molecule has 0 bridgehead atoms. The number of anilines is 1. The van der Waals surface area contributed by atoms with Gasteiger partial charge < -0.3 is 15.0 Å². The third-order valence-corrected chi connectivity index (χ3v) is 4.34. The van der Waals surface area contributed by atoms with Gasteiger partial charge in [-0.05, 0) is 57.9 Å². The topological polar surface area (TPSA) is 88.3 Å². The molecule has 2 N–H and O–H groups in total. The van der Waals surface area contributed by atoms with Crippen molar-refractivity contribution in [1.29, 1.82) is 0 Å². The number of aromatic nitrogens is 1. The predicted molar refractivity (Wildman–Crippen MR) is 100.0 cm³/mol. The minimum Gasteiger partial charge on any atom is -0.448 e. The van der Waals surface area contributed by atoms with Crippen LogP contribution in [0.15, 0.2) is 18.2 Å². The van der Waals surface area contributed by atoms with E-state index >= 15 is 0 Å². The number of ether oxygens (including phenoxy) is 1. The van der Waals surface area contributed by atoms with Crippen LogP contribution in [0, 0.1) is 20.8 Å². The highest BCUT2D eigenvalue weighted by Crippen LogP contribution is 2.22. The Morgan fingerprint density at radius 2 is 1.85 bits per heavy atom. The van der Waals surface area contributed by atoms with Gasteiger partial charge in [-0.15, -0.1) is 0 Å². The van der Waals surface area contributed by atoms with E-state index < -0.39 is 18.0 Å². The van der Waals surface area contributed by atoms with Crippen molar-refractivity contribution in [3.05, 3.63) is 51.3 Å². The average Bonchev–Trinajstić information content (AvgIpc) is 2.85. The lowest BCUT2D eigenvalue weighted by molar-refractivity contribution is -0.123. The van der Waals surface area contributed by atoms with Crippen molar-refractivity contribution >= 4 is 34.9 Å². The van der Waals surface area contributed by atoms with E-state index in [-0.39, 0.29) is 11.5 Å². The smallest absolute Gasteiger partial charge is 0.355 e. The van der Waals surface area contributed by atoms with Crippen LogP contribution < -0.4 is 5.32 Å². The van der Waals surface area contributed by atoms with Gasteiger partial charge >= 0.3 is 5.97 Å². The number of ketones is 1. The molecule has 2 rings (SSSR count). The number of carbonyl (C=O) groups is 3. The van der Waals surface area contributed by atoms with Gasteiger partial charge in [0.2, 0.25) is 0 Å². The number of benzene rings is 1. The lowest BCUT2D eigenvalue weighted by atomic mass is 10.1. The van der Waals surface area contributed by atoms with Gasteiger partial charge in [0.05, 0.1) is 0 Å². The lowest BCUT2D eigenvalue weighted by Crippen LogP contribution is -2.30. The summed E-state index contributed by atoms with van der Waals surface area (Å²) in [5.41, 5.74) is 3.13. The normalized spacial score (nSPS) is 11.8. The highest BCUT2D eigenvalue weighted by Gasteiger charge is 2.25. The maximum Gasteiger partial charge on any atom is 0.355 e. The van der Waals surface area contributed by atoms with E-state index in [1.807, 2.05) is 6.92 Å². The van der Waals surface area contributed by atoms with E-state index in [9.17, 15) is 14.4 Å². The Morgan fingerprint density at radius 1 is 1.19 bits per heavy atom. The monoisotopic (exact) mass is 376 g/mol. The van der Waals surface area contributed by atoms with E-state index in [4.69, 9.17) is 16.3 Å². The van der Waals surface area contributed by atoms with Crippen LogP contribution in [0.2, 0.25) is 5.02 Å². The zero-order valence-electron chi connectivity index (χ0n) is 15.3. The molecule has 1 aromatic carbocycles. The van der Waals surface area contributed by atoms with E-state index in [1.54, 1.807) is 32.0 Å². The Hall–Kier alpha value is -2.60. The molecule has 6 nitrogen and oxygen atoms in total. The summed E-state index contributed by atoms with van der Waals surface area (Å²) in [7, 11) is 0. The predicted octanol–water partition coefficient (Wildman–Crippen LogP) is 3.98. The second-order valence-corrected chi connectivity index (χ2v) is 6.61. The summed E-state index contributed by atoms with van der Waals surface area (Å²) in [6, 6.07) is 5.13. The van der Waals surface area contributed by atoms with Crippen LogP contribution >= 0.6 is 11.6 Å². The SMILES string of the molecule is CC(=O)c1c(C)[nH]c(C(=O)O[C@H](C)C(=O)Nc2cc(Cl)ccc2C)c1C. The third-order valence-electron chi connectivity index (χ3n) is 4.10. The first kappa shape index (κ1) is 19.7. The van der Waals surface area contributed by atoms with Gasteiger partial charge in [0.15, 0.2) is 11.9 Å². The van der Waals surface area contributed by atoms with Crippen molar-refractivity contribution in [3.63, 3.8) is 0 Å². The highest BCUT2D eigenvalue weighted by molar-refractivity contribution is 6.31. The fourth-order valence-electron chi connectivity index (χ4n) is 2.72. The average molecular weight is 377 g/mol. The van der Waals surface area contributed by atoms with Crippen LogP contribution in [0.1, 0.15) is 51.5 Å². The number of H-pyrrole nitrogens is 1. The number of halogens is 1. The van der Waals surface area contributed by atoms with E-state index in [0.29, 0.717) is 27.5 Å². The van der Waals surface area contributed by atoms with Gasteiger partial charge in [-0.1, -0.05) is 17.7 Å².